The lowest BCUT2D eigenvalue weighted by molar-refractivity contribution is 0.885. The number of para-hydroxylation sites is 1. The molecule has 0 unspecified atom stereocenters. The number of nitrogens with zero attached hydrogens (tertiary/aromatic N) is 2. The Labute approximate surface area is 102 Å². The van der Waals surface area contributed by atoms with E-state index in [2.05, 4.69) is 35.3 Å². The van der Waals surface area contributed by atoms with Crippen LogP contribution in [-0.4, -0.2) is 9.78 Å². The van der Waals surface area contributed by atoms with Crippen molar-refractivity contribution >= 4 is 8.19 Å². The number of aromatic nitrogens is 2. The van der Waals surface area contributed by atoms with Crippen molar-refractivity contribution in [2.45, 2.75) is 0 Å². The average molecular weight is 238 g/mol. The molecule has 0 saturated carbocycles. The average Bonchev–Trinajstić information content (AvgIpc) is 2.90. The monoisotopic (exact) mass is 238 g/mol. The van der Waals surface area contributed by atoms with Gasteiger partial charge in [-0.3, -0.25) is 0 Å². The molecule has 1 aromatic heterocycles. The molecule has 0 aliphatic heterocycles. The molecule has 82 valence electrons. The van der Waals surface area contributed by atoms with E-state index in [0.717, 1.165) is 19.3 Å². The zero-order chi connectivity index (χ0) is 11.5. The quantitative estimate of drug-likeness (QED) is 0.656. The first-order valence-electron chi connectivity index (χ1n) is 5.46. The number of rotatable bonds is 2. The summed E-state index contributed by atoms with van der Waals surface area (Å²) in [6.07, 6.45) is 0. The van der Waals surface area contributed by atoms with Crippen molar-refractivity contribution in [2.24, 2.45) is 0 Å². The molecular formula is C14H11N2P. The second-order valence-corrected chi connectivity index (χ2v) is 4.63. The fraction of sp³-hybridized carbons (Fsp3) is 0. The zero-order valence-electron chi connectivity index (χ0n) is 9.19. The van der Waals surface area contributed by atoms with Gasteiger partial charge in [-0.1, -0.05) is 48.5 Å². The van der Waals surface area contributed by atoms with Gasteiger partial charge in [0.2, 0.25) is 0 Å². The van der Waals surface area contributed by atoms with Crippen LogP contribution in [0.2, 0.25) is 0 Å². The minimum Gasteiger partial charge on any atom is -0.235 e. The lowest BCUT2D eigenvalue weighted by atomic mass is 10.2. The van der Waals surface area contributed by atoms with Crippen LogP contribution in [0.3, 0.4) is 0 Å². The van der Waals surface area contributed by atoms with E-state index in [1.165, 1.54) is 5.56 Å². The van der Waals surface area contributed by atoms with E-state index in [1.54, 1.807) is 0 Å². The van der Waals surface area contributed by atoms with Crippen LogP contribution in [0.1, 0.15) is 0 Å². The first kappa shape index (κ1) is 10.2. The molecule has 17 heavy (non-hydrogen) atoms. The molecule has 0 bridgehead atoms. The fourth-order valence-corrected chi connectivity index (χ4v) is 2.54. The van der Waals surface area contributed by atoms with Gasteiger partial charge < -0.3 is 0 Å². The van der Waals surface area contributed by atoms with Crippen molar-refractivity contribution in [1.29, 1.82) is 0 Å². The van der Waals surface area contributed by atoms with Crippen molar-refractivity contribution in [2.75, 3.05) is 0 Å². The second-order valence-electron chi connectivity index (χ2n) is 3.71. The van der Waals surface area contributed by atoms with E-state index >= 15 is 0 Å². The highest BCUT2D eigenvalue weighted by Gasteiger charge is 2.03. The summed E-state index contributed by atoms with van der Waals surface area (Å²) in [5.74, 6) is 2.08. The van der Waals surface area contributed by atoms with Crippen LogP contribution in [0.25, 0.3) is 16.7 Å². The first-order chi connectivity index (χ1) is 8.43. The highest BCUT2D eigenvalue weighted by atomic mass is 31.0. The lowest BCUT2D eigenvalue weighted by Gasteiger charge is -1.99. The molecule has 0 saturated heterocycles. The minimum atomic E-state index is 1.09. The van der Waals surface area contributed by atoms with Gasteiger partial charge in [0.15, 0.2) is 0 Å². The topological polar surface area (TPSA) is 17.8 Å². The summed E-state index contributed by atoms with van der Waals surface area (Å²) >= 11 is 0. The summed E-state index contributed by atoms with van der Waals surface area (Å²) in [5.41, 5.74) is 3.38. The van der Waals surface area contributed by atoms with Gasteiger partial charge in [-0.05, 0) is 20.3 Å². The molecule has 2 aromatic carbocycles. The molecule has 3 heteroatoms. The Bertz CT molecular complexity index is 548. The Kier molecular flexibility index (Phi) is 2.73. The molecule has 0 atom stereocenters. The summed E-state index contributed by atoms with van der Waals surface area (Å²) in [6, 6.07) is 20.5. The Hall–Kier alpha value is -1.92. The molecule has 0 radical (unpaired) electrons. The van der Waals surface area contributed by atoms with Crippen LogP contribution in [0.4, 0.5) is 0 Å². The van der Waals surface area contributed by atoms with Crippen LogP contribution in [-0.2, 0) is 0 Å². The second kappa shape index (κ2) is 4.52. The molecule has 0 aliphatic rings. The zero-order valence-corrected chi connectivity index (χ0v) is 10.1. The van der Waals surface area contributed by atoms with Crippen LogP contribution in [0, 0.1) is 0 Å². The van der Waals surface area contributed by atoms with Gasteiger partial charge in [0.1, 0.15) is 5.43 Å². The SMILES string of the molecule is c1ccc(-c2nn(-c3ccccc3)cp2)cc1. The molecule has 0 N–H and O–H groups in total. The lowest BCUT2D eigenvalue weighted by Crippen LogP contribution is -1.93. The standard InChI is InChI=1S/C14H11N2P/c1-3-7-12(8-4-1)14-15-16(11-17-14)13-9-5-2-6-10-13/h1-11H. The third-order valence-electron chi connectivity index (χ3n) is 2.54. The normalized spacial score (nSPS) is 10.8. The smallest absolute Gasteiger partial charge is 0.119 e. The number of benzene rings is 2. The number of hydrogen-bond donors (Lipinski definition) is 0. The molecule has 0 amide bonds. The van der Waals surface area contributed by atoms with Crippen molar-refractivity contribution in [1.82, 2.24) is 9.78 Å². The summed E-state index contributed by atoms with van der Waals surface area (Å²) < 4.78 is 1.93. The Morgan fingerprint density at radius 3 is 2.18 bits per heavy atom. The Balaban J connectivity index is 1.99. The maximum atomic E-state index is 4.61. The van der Waals surface area contributed by atoms with Crippen LogP contribution >= 0.6 is 8.19 Å². The predicted octanol–water partition coefficient (Wildman–Crippen LogP) is 4.12. The van der Waals surface area contributed by atoms with Gasteiger partial charge in [-0.25, -0.2) is 4.68 Å². The van der Waals surface area contributed by atoms with Crippen LogP contribution < -0.4 is 0 Å². The van der Waals surface area contributed by atoms with Gasteiger partial charge in [0.05, 0.1) is 11.6 Å². The fourth-order valence-electron chi connectivity index (χ4n) is 1.69. The molecule has 0 spiro atoms. The van der Waals surface area contributed by atoms with Gasteiger partial charge in [-0.15, -0.1) is 0 Å². The van der Waals surface area contributed by atoms with Crippen molar-refractivity contribution < 1.29 is 0 Å². The molecule has 3 aromatic rings. The molecule has 1 heterocycles. The Morgan fingerprint density at radius 1 is 0.824 bits per heavy atom. The van der Waals surface area contributed by atoms with E-state index in [9.17, 15) is 0 Å². The van der Waals surface area contributed by atoms with Crippen LogP contribution in [0.5, 0.6) is 0 Å². The third kappa shape index (κ3) is 2.13. The highest BCUT2D eigenvalue weighted by molar-refractivity contribution is 7.32. The summed E-state index contributed by atoms with van der Waals surface area (Å²) in [4.78, 5) is 0. The maximum absolute atomic E-state index is 4.61. The van der Waals surface area contributed by atoms with Gasteiger partial charge in [0, 0.05) is 5.56 Å². The summed E-state index contributed by atoms with van der Waals surface area (Å²) in [6.45, 7) is 0. The largest absolute Gasteiger partial charge is 0.235 e. The molecule has 0 aliphatic carbocycles. The van der Waals surface area contributed by atoms with Crippen molar-refractivity contribution in [3.8, 4) is 16.7 Å². The molecular weight excluding hydrogens is 227 g/mol. The summed E-state index contributed by atoms with van der Waals surface area (Å²) in [7, 11) is 1.14. The summed E-state index contributed by atoms with van der Waals surface area (Å²) in [5, 5.41) is 4.61. The van der Waals surface area contributed by atoms with E-state index < -0.39 is 0 Å². The molecule has 3 rings (SSSR count). The Morgan fingerprint density at radius 2 is 1.47 bits per heavy atom. The predicted molar refractivity (Wildman–Crippen MR) is 71.5 cm³/mol. The molecule has 0 fully saturated rings. The van der Waals surface area contributed by atoms with Gasteiger partial charge in [0.25, 0.3) is 0 Å². The van der Waals surface area contributed by atoms with Gasteiger partial charge >= 0.3 is 0 Å². The van der Waals surface area contributed by atoms with E-state index in [0.29, 0.717) is 0 Å². The van der Waals surface area contributed by atoms with Crippen molar-refractivity contribution in [3.05, 3.63) is 66.6 Å². The highest BCUT2D eigenvalue weighted by Crippen LogP contribution is 2.26. The maximum Gasteiger partial charge on any atom is 0.119 e. The van der Waals surface area contributed by atoms with Gasteiger partial charge in [-0.2, -0.15) is 5.10 Å². The van der Waals surface area contributed by atoms with E-state index in [1.807, 2.05) is 41.1 Å². The number of hydrogen-bond acceptors (Lipinski definition) is 1. The van der Waals surface area contributed by atoms with E-state index in [4.69, 9.17) is 0 Å². The minimum absolute atomic E-state index is 1.09. The molecule has 2 nitrogen and oxygen atoms in total. The van der Waals surface area contributed by atoms with Crippen LogP contribution in [0.15, 0.2) is 66.6 Å². The first-order valence-corrected chi connectivity index (χ1v) is 6.42. The van der Waals surface area contributed by atoms with E-state index in [-0.39, 0.29) is 0 Å². The third-order valence-corrected chi connectivity index (χ3v) is 3.47. The van der Waals surface area contributed by atoms with Crippen molar-refractivity contribution in [3.63, 3.8) is 0 Å².